The van der Waals surface area contributed by atoms with Crippen LogP contribution in [-0.4, -0.2) is 11.1 Å². The van der Waals surface area contributed by atoms with Crippen LogP contribution in [0.3, 0.4) is 0 Å². The number of hydrogen-bond acceptors (Lipinski definition) is 3. The topological polar surface area (TPSA) is 48.1 Å². The van der Waals surface area contributed by atoms with Gasteiger partial charge in [-0.3, -0.25) is 4.98 Å². The number of aromatic nitrogens is 1. The standard InChI is InChI=1S/C13H20N2O/c1-9-3-10(2)5-12(4-9)16-13-6-11(14)7-15-8-13/h6-10,12H,3-5,14H2,1-2H3. The molecule has 3 heteroatoms. The van der Waals surface area contributed by atoms with Gasteiger partial charge in [0, 0.05) is 6.07 Å². The van der Waals surface area contributed by atoms with E-state index in [1.807, 2.05) is 6.07 Å². The molecule has 2 N–H and O–H groups in total. The summed E-state index contributed by atoms with van der Waals surface area (Å²) in [5.41, 5.74) is 6.34. The van der Waals surface area contributed by atoms with E-state index in [0.29, 0.717) is 11.8 Å². The monoisotopic (exact) mass is 220 g/mol. The number of nitrogen functional groups attached to an aromatic ring is 1. The van der Waals surface area contributed by atoms with Crippen LogP contribution in [0.2, 0.25) is 0 Å². The maximum absolute atomic E-state index is 5.93. The molecule has 0 amide bonds. The van der Waals surface area contributed by atoms with Gasteiger partial charge in [0.15, 0.2) is 0 Å². The first-order valence-electron chi connectivity index (χ1n) is 6.00. The van der Waals surface area contributed by atoms with E-state index < -0.39 is 0 Å². The van der Waals surface area contributed by atoms with Crippen molar-refractivity contribution in [2.24, 2.45) is 11.8 Å². The number of ether oxygens (including phenoxy) is 1. The highest BCUT2D eigenvalue weighted by molar-refractivity contribution is 5.40. The van der Waals surface area contributed by atoms with Crippen LogP contribution < -0.4 is 10.5 Å². The Labute approximate surface area is 97.0 Å². The van der Waals surface area contributed by atoms with Crippen molar-refractivity contribution in [1.29, 1.82) is 0 Å². The maximum atomic E-state index is 5.93. The van der Waals surface area contributed by atoms with Gasteiger partial charge in [-0.25, -0.2) is 0 Å². The van der Waals surface area contributed by atoms with Crippen LogP contribution in [0.5, 0.6) is 5.75 Å². The van der Waals surface area contributed by atoms with Crippen molar-refractivity contribution in [2.45, 2.75) is 39.2 Å². The molecule has 0 bridgehead atoms. The highest BCUT2D eigenvalue weighted by Crippen LogP contribution is 2.31. The van der Waals surface area contributed by atoms with Crippen LogP contribution in [0, 0.1) is 11.8 Å². The van der Waals surface area contributed by atoms with Crippen molar-refractivity contribution in [3.63, 3.8) is 0 Å². The summed E-state index contributed by atoms with van der Waals surface area (Å²) < 4.78 is 5.93. The Morgan fingerprint density at radius 2 is 1.88 bits per heavy atom. The molecule has 1 aromatic rings. The third-order valence-electron chi connectivity index (χ3n) is 3.17. The van der Waals surface area contributed by atoms with Crippen molar-refractivity contribution >= 4 is 5.69 Å². The molecule has 0 spiro atoms. The Morgan fingerprint density at radius 3 is 2.50 bits per heavy atom. The molecule has 3 nitrogen and oxygen atoms in total. The molecule has 1 aliphatic carbocycles. The van der Waals surface area contributed by atoms with E-state index in [0.717, 1.165) is 30.4 Å². The first-order chi connectivity index (χ1) is 7.63. The van der Waals surface area contributed by atoms with Gasteiger partial charge in [-0.1, -0.05) is 13.8 Å². The fraction of sp³-hybridized carbons (Fsp3) is 0.615. The lowest BCUT2D eigenvalue weighted by Crippen LogP contribution is -2.28. The van der Waals surface area contributed by atoms with E-state index in [9.17, 15) is 0 Å². The van der Waals surface area contributed by atoms with E-state index in [4.69, 9.17) is 10.5 Å². The summed E-state index contributed by atoms with van der Waals surface area (Å²) in [6, 6.07) is 1.84. The lowest BCUT2D eigenvalue weighted by atomic mass is 9.82. The van der Waals surface area contributed by atoms with Crippen molar-refractivity contribution in [2.75, 3.05) is 5.73 Å². The molecule has 1 heterocycles. The average molecular weight is 220 g/mol. The van der Waals surface area contributed by atoms with Crippen molar-refractivity contribution in [3.05, 3.63) is 18.5 Å². The van der Waals surface area contributed by atoms with Crippen molar-refractivity contribution < 1.29 is 4.74 Å². The van der Waals surface area contributed by atoms with Crippen molar-refractivity contribution in [3.8, 4) is 5.75 Å². The Morgan fingerprint density at radius 1 is 1.19 bits per heavy atom. The molecular weight excluding hydrogens is 200 g/mol. The second kappa shape index (κ2) is 4.73. The minimum atomic E-state index is 0.322. The predicted octanol–water partition coefficient (Wildman–Crippen LogP) is 2.87. The summed E-state index contributed by atoms with van der Waals surface area (Å²) in [4.78, 5) is 4.04. The summed E-state index contributed by atoms with van der Waals surface area (Å²) in [6.07, 6.45) is 7.29. The van der Waals surface area contributed by atoms with E-state index in [1.54, 1.807) is 12.4 Å². The highest BCUT2D eigenvalue weighted by Gasteiger charge is 2.25. The zero-order valence-corrected chi connectivity index (χ0v) is 10.0. The minimum Gasteiger partial charge on any atom is -0.489 e. The fourth-order valence-electron chi connectivity index (χ4n) is 2.66. The smallest absolute Gasteiger partial charge is 0.140 e. The largest absolute Gasteiger partial charge is 0.489 e. The van der Waals surface area contributed by atoms with Crippen LogP contribution in [0.15, 0.2) is 18.5 Å². The molecule has 16 heavy (non-hydrogen) atoms. The minimum absolute atomic E-state index is 0.322. The summed E-state index contributed by atoms with van der Waals surface area (Å²) in [7, 11) is 0. The van der Waals surface area contributed by atoms with Crippen LogP contribution in [0.4, 0.5) is 5.69 Å². The molecule has 88 valence electrons. The van der Waals surface area contributed by atoms with Crippen LogP contribution in [0.25, 0.3) is 0 Å². The molecule has 0 aromatic carbocycles. The number of rotatable bonds is 2. The van der Waals surface area contributed by atoms with E-state index in [-0.39, 0.29) is 0 Å². The molecule has 0 aliphatic heterocycles. The van der Waals surface area contributed by atoms with Gasteiger partial charge in [-0.15, -0.1) is 0 Å². The van der Waals surface area contributed by atoms with Crippen LogP contribution in [0.1, 0.15) is 33.1 Å². The quantitative estimate of drug-likeness (QED) is 0.833. The number of hydrogen-bond donors (Lipinski definition) is 1. The number of nitrogens with two attached hydrogens (primary N) is 1. The van der Waals surface area contributed by atoms with Crippen LogP contribution in [-0.2, 0) is 0 Å². The maximum Gasteiger partial charge on any atom is 0.140 e. The first-order valence-corrected chi connectivity index (χ1v) is 6.00. The second-order valence-corrected chi connectivity index (χ2v) is 5.11. The number of pyridine rings is 1. The molecule has 1 fully saturated rings. The molecular formula is C13H20N2O. The summed E-state index contributed by atoms with van der Waals surface area (Å²) in [5.74, 6) is 2.30. The van der Waals surface area contributed by atoms with Gasteiger partial charge in [0.1, 0.15) is 5.75 Å². The van der Waals surface area contributed by atoms with E-state index in [1.165, 1.54) is 6.42 Å². The average Bonchev–Trinajstić information content (AvgIpc) is 2.15. The lowest BCUT2D eigenvalue weighted by molar-refractivity contribution is 0.101. The van der Waals surface area contributed by atoms with Gasteiger partial charge in [0.05, 0.1) is 24.2 Å². The second-order valence-electron chi connectivity index (χ2n) is 5.11. The Balaban J connectivity index is 1.98. The van der Waals surface area contributed by atoms with Gasteiger partial charge < -0.3 is 10.5 Å². The molecule has 2 atom stereocenters. The number of anilines is 1. The zero-order valence-electron chi connectivity index (χ0n) is 10.0. The molecule has 1 aliphatic rings. The Bertz CT molecular complexity index is 344. The summed E-state index contributed by atoms with van der Waals surface area (Å²) in [5, 5.41) is 0. The van der Waals surface area contributed by atoms with E-state index in [2.05, 4.69) is 18.8 Å². The van der Waals surface area contributed by atoms with E-state index >= 15 is 0 Å². The van der Waals surface area contributed by atoms with Gasteiger partial charge in [-0.05, 0) is 31.1 Å². The SMILES string of the molecule is CC1CC(C)CC(Oc2cncc(N)c2)C1. The first kappa shape index (κ1) is 11.2. The van der Waals surface area contributed by atoms with Gasteiger partial charge in [-0.2, -0.15) is 0 Å². The molecule has 1 aromatic heterocycles. The van der Waals surface area contributed by atoms with Crippen molar-refractivity contribution in [1.82, 2.24) is 4.98 Å². The van der Waals surface area contributed by atoms with Crippen LogP contribution >= 0.6 is 0 Å². The van der Waals surface area contributed by atoms with Gasteiger partial charge in [0.25, 0.3) is 0 Å². The third-order valence-corrected chi connectivity index (χ3v) is 3.17. The normalized spacial score (nSPS) is 30.0. The zero-order chi connectivity index (χ0) is 11.5. The van der Waals surface area contributed by atoms with Gasteiger partial charge in [0.2, 0.25) is 0 Å². The Kier molecular flexibility index (Phi) is 3.32. The summed E-state index contributed by atoms with van der Waals surface area (Å²) in [6.45, 7) is 4.59. The number of nitrogens with zero attached hydrogens (tertiary/aromatic N) is 1. The highest BCUT2D eigenvalue weighted by atomic mass is 16.5. The molecule has 2 rings (SSSR count). The molecule has 0 radical (unpaired) electrons. The molecule has 2 unspecified atom stereocenters. The molecule has 0 saturated heterocycles. The lowest BCUT2D eigenvalue weighted by Gasteiger charge is -2.31. The van der Waals surface area contributed by atoms with Gasteiger partial charge >= 0.3 is 0 Å². The third kappa shape index (κ3) is 2.87. The fourth-order valence-corrected chi connectivity index (χ4v) is 2.66. The molecule has 1 saturated carbocycles. The summed E-state index contributed by atoms with van der Waals surface area (Å²) >= 11 is 0. The predicted molar refractivity (Wildman–Crippen MR) is 65.2 cm³/mol. The Hall–Kier alpha value is -1.25.